The average molecular weight is 262 g/mol. The lowest BCUT2D eigenvalue weighted by Crippen LogP contribution is -2.08. The predicted octanol–water partition coefficient (Wildman–Crippen LogP) is 2.55. The molecule has 1 heterocycles. The van der Waals surface area contributed by atoms with Crippen LogP contribution in [0.3, 0.4) is 0 Å². The van der Waals surface area contributed by atoms with Gasteiger partial charge in [0.1, 0.15) is 5.82 Å². The van der Waals surface area contributed by atoms with Crippen molar-refractivity contribution in [2.45, 2.75) is 6.18 Å². The van der Waals surface area contributed by atoms with Gasteiger partial charge in [-0.2, -0.15) is 13.2 Å². The van der Waals surface area contributed by atoms with E-state index in [0.717, 1.165) is 6.07 Å². The number of halogens is 4. The Morgan fingerprint density at radius 3 is 2.50 bits per heavy atom. The first kappa shape index (κ1) is 12.1. The molecule has 2 rings (SSSR count). The molecule has 0 radical (unpaired) electrons. The summed E-state index contributed by atoms with van der Waals surface area (Å²) in [6.07, 6.45) is -4.78. The maximum absolute atomic E-state index is 13.0. The Morgan fingerprint density at radius 2 is 1.94 bits per heavy atom. The van der Waals surface area contributed by atoms with Crippen molar-refractivity contribution in [3.63, 3.8) is 0 Å². The van der Waals surface area contributed by atoms with Gasteiger partial charge < -0.3 is 15.5 Å². The Bertz CT molecular complexity index is 566. The number of nitrogens with one attached hydrogen (secondary N) is 1. The van der Waals surface area contributed by atoms with Gasteiger partial charge in [0.2, 0.25) is 0 Å². The van der Waals surface area contributed by atoms with E-state index in [1.807, 2.05) is 0 Å². The van der Waals surface area contributed by atoms with Crippen LogP contribution in [0.4, 0.5) is 35.3 Å². The van der Waals surface area contributed by atoms with E-state index in [1.54, 1.807) is 0 Å². The number of anilines is 3. The minimum absolute atomic E-state index is 0.0487. The Hall–Kier alpha value is -2.32. The van der Waals surface area contributed by atoms with Gasteiger partial charge in [-0.3, -0.25) is 0 Å². The fraction of sp³-hybridized carbons (Fsp3) is 0.111. The fourth-order valence-electron chi connectivity index (χ4n) is 1.23. The lowest BCUT2D eigenvalue weighted by Gasteiger charge is -2.09. The molecule has 0 bridgehead atoms. The molecule has 2 aromatic rings. The first-order valence-electron chi connectivity index (χ1n) is 4.59. The Labute approximate surface area is 97.6 Å². The first-order valence-corrected chi connectivity index (χ1v) is 4.59. The molecule has 0 aliphatic rings. The van der Waals surface area contributed by atoms with Crippen LogP contribution in [0.1, 0.15) is 5.56 Å². The van der Waals surface area contributed by atoms with E-state index in [-0.39, 0.29) is 17.7 Å². The number of nitrogen functional groups attached to an aromatic ring is 1. The van der Waals surface area contributed by atoms with Crippen LogP contribution in [0, 0.1) is 5.82 Å². The molecule has 5 nitrogen and oxygen atoms in total. The number of nitrogens with two attached hydrogens (primary N) is 1. The molecule has 3 N–H and O–H groups in total. The Morgan fingerprint density at radius 1 is 1.22 bits per heavy atom. The molecule has 1 aromatic heterocycles. The first-order chi connectivity index (χ1) is 8.36. The van der Waals surface area contributed by atoms with Gasteiger partial charge in [-0.05, 0) is 18.2 Å². The van der Waals surface area contributed by atoms with E-state index < -0.39 is 17.6 Å². The Kier molecular flexibility index (Phi) is 2.81. The number of aromatic nitrogens is 2. The summed E-state index contributed by atoms with van der Waals surface area (Å²) in [6.45, 7) is 0. The third-order valence-electron chi connectivity index (χ3n) is 1.96. The molecule has 96 valence electrons. The van der Waals surface area contributed by atoms with Gasteiger partial charge in [-0.1, -0.05) is 10.2 Å². The molecular weight excluding hydrogens is 256 g/mol. The molecule has 9 heteroatoms. The largest absolute Gasteiger partial charge is 0.419 e. The van der Waals surface area contributed by atoms with Crippen LogP contribution in [0.15, 0.2) is 22.6 Å². The second kappa shape index (κ2) is 4.17. The molecule has 0 spiro atoms. The number of benzene rings is 1. The van der Waals surface area contributed by atoms with Crippen LogP contribution >= 0.6 is 0 Å². The van der Waals surface area contributed by atoms with E-state index in [1.165, 1.54) is 0 Å². The van der Waals surface area contributed by atoms with Gasteiger partial charge >= 0.3 is 18.2 Å². The summed E-state index contributed by atoms with van der Waals surface area (Å²) in [4.78, 5) is 0. The van der Waals surface area contributed by atoms with Crippen molar-refractivity contribution < 1.29 is 22.0 Å². The van der Waals surface area contributed by atoms with Crippen LogP contribution in [0.2, 0.25) is 0 Å². The van der Waals surface area contributed by atoms with E-state index in [4.69, 9.17) is 10.2 Å². The van der Waals surface area contributed by atoms with Gasteiger partial charge in [-0.25, -0.2) is 4.39 Å². The molecule has 0 aliphatic carbocycles. The van der Waals surface area contributed by atoms with E-state index >= 15 is 0 Å². The van der Waals surface area contributed by atoms with Crippen molar-refractivity contribution in [2.75, 3.05) is 11.1 Å². The summed E-state index contributed by atoms with van der Waals surface area (Å²) < 4.78 is 55.0. The van der Waals surface area contributed by atoms with Crippen molar-refractivity contribution >= 4 is 17.7 Å². The summed E-state index contributed by atoms with van der Waals surface area (Å²) in [6, 6.07) is 1.95. The number of rotatable bonds is 2. The molecular formula is C9H6F4N4O. The second-order valence-corrected chi connectivity index (χ2v) is 3.26. The van der Waals surface area contributed by atoms with Crippen molar-refractivity contribution in [1.29, 1.82) is 0 Å². The zero-order valence-corrected chi connectivity index (χ0v) is 8.62. The van der Waals surface area contributed by atoms with Crippen molar-refractivity contribution in [2.24, 2.45) is 0 Å². The molecule has 0 atom stereocenters. The highest BCUT2D eigenvalue weighted by Crippen LogP contribution is 2.33. The lowest BCUT2D eigenvalue weighted by atomic mass is 10.2. The number of hydrogen-bond donors (Lipinski definition) is 2. The minimum atomic E-state index is -4.78. The summed E-state index contributed by atoms with van der Waals surface area (Å²) in [5, 5.41) is 9.08. The van der Waals surface area contributed by atoms with Gasteiger partial charge in [0, 0.05) is 5.69 Å². The van der Waals surface area contributed by atoms with Crippen LogP contribution < -0.4 is 11.1 Å². The fourth-order valence-corrected chi connectivity index (χ4v) is 1.23. The van der Waals surface area contributed by atoms with Gasteiger partial charge in [0.15, 0.2) is 0 Å². The lowest BCUT2D eigenvalue weighted by molar-refractivity contribution is -0.139. The van der Waals surface area contributed by atoms with Crippen LogP contribution in [-0.4, -0.2) is 10.2 Å². The highest BCUT2D eigenvalue weighted by molar-refractivity contribution is 5.54. The quantitative estimate of drug-likeness (QED) is 0.813. The molecule has 0 unspecified atom stereocenters. The van der Waals surface area contributed by atoms with Gasteiger partial charge in [0.05, 0.1) is 5.56 Å². The Balaban J connectivity index is 2.30. The third-order valence-corrected chi connectivity index (χ3v) is 1.96. The summed E-state index contributed by atoms with van der Waals surface area (Å²) in [5.41, 5.74) is 3.70. The molecule has 0 amide bonds. The van der Waals surface area contributed by atoms with Crippen molar-refractivity contribution in [3.8, 4) is 0 Å². The monoisotopic (exact) mass is 262 g/mol. The molecule has 0 fully saturated rings. The second-order valence-electron chi connectivity index (χ2n) is 3.26. The van der Waals surface area contributed by atoms with Crippen LogP contribution in [-0.2, 0) is 6.18 Å². The molecule has 0 saturated heterocycles. The highest BCUT2D eigenvalue weighted by atomic mass is 19.4. The van der Waals surface area contributed by atoms with Crippen LogP contribution in [0.25, 0.3) is 0 Å². The van der Waals surface area contributed by atoms with Crippen molar-refractivity contribution in [1.82, 2.24) is 10.2 Å². The minimum Gasteiger partial charge on any atom is -0.389 e. The standard InChI is InChI=1S/C9H6F4N4O/c10-6-2-1-4(3-5(6)9(11,12)13)15-8-17-16-7(14)18-8/h1-3H,(H2,14,16)(H,15,17). The smallest absolute Gasteiger partial charge is 0.389 e. The van der Waals surface area contributed by atoms with Crippen LogP contribution in [0.5, 0.6) is 0 Å². The number of nitrogens with zero attached hydrogens (tertiary/aromatic N) is 2. The zero-order chi connectivity index (χ0) is 13.3. The van der Waals surface area contributed by atoms with Crippen molar-refractivity contribution in [3.05, 3.63) is 29.6 Å². The van der Waals surface area contributed by atoms with E-state index in [2.05, 4.69) is 15.5 Å². The third kappa shape index (κ3) is 2.50. The predicted molar refractivity (Wildman–Crippen MR) is 53.4 cm³/mol. The normalized spacial score (nSPS) is 11.6. The topological polar surface area (TPSA) is 77.0 Å². The highest BCUT2D eigenvalue weighted by Gasteiger charge is 2.34. The van der Waals surface area contributed by atoms with Gasteiger partial charge in [0.25, 0.3) is 0 Å². The summed E-state index contributed by atoms with van der Waals surface area (Å²) in [7, 11) is 0. The van der Waals surface area contributed by atoms with E-state index in [0.29, 0.717) is 12.1 Å². The average Bonchev–Trinajstić information content (AvgIpc) is 2.65. The zero-order valence-electron chi connectivity index (χ0n) is 8.62. The summed E-state index contributed by atoms with van der Waals surface area (Å²) in [5.74, 6) is -1.36. The SMILES string of the molecule is Nc1nnc(Nc2ccc(F)c(C(F)(F)F)c2)o1. The summed E-state index contributed by atoms with van der Waals surface area (Å²) >= 11 is 0. The van der Waals surface area contributed by atoms with E-state index in [9.17, 15) is 17.6 Å². The van der Waals surface area contributed by atoms with Gasteiger partial charge in [-0.15, -0.1) is 0 Å². The number of alkyl halides is 3. The molecule has 1 aromatic carbocycles. The maximum atomic E-state index is 13.0. The number of hydrogen-bond acceptors (Lipinski definition) is 5. The molecule has 0 saturated carbocycles. The maximum Gasteiger partial charge on any atom is 0.419 e. The molecule has 18 heavy (non-hydrogen) atoms. The molecule has 0 aliphatic heterocycles.